The quantitative estimate of drug-likeness (QED) is 0.181. The molecule has 0 aliphatic carbocycles. The first kappa shape index (κ1) is 26.4. The van der Waals surface area contributed by atoms with E-state index in [1.54, 1.807) is 13.2 Å². The molecule has 0 spiro atoms. The molecule has 2 atom stereocenters. The van der Waals surface area contributed by atoms with Crippen LogP contribution in [0.3, 0.4) is 0 Å². The second-order valence-electron chi connectivity index (χ2n) is 10.1. The number of morpholine rings is 1. The molecule has 8 nitrogen and oxygen atoms in total. The minimum absolute atomic E-state index is 0.0152. The Hall–Kier alpha value is -4.82. The summed E-state index contributed by atoms with van der Waals surface area (Å²) in [5.74, 6) is -0.745. The van der Waals surface area contributed by atoms with E-state index in [1.807, 2.05) is 71.6 Å². The SMILES string of the molecule is COc1nc2ccc([N+](=O)[O-])cc2cc1C(c1ccccc1)C(C(=O)N1CCOCC1)c1ccc2ccccc2c1. The van der Waals surface area contributed by atoms with Gasteiger partial charge in [0.15, 0.2) is 0 Å². The second kappa shape index (κ2) is 11.3. The van der Waals surface area contributed by atoms with Crippen molar-refractivity contribution in [2.75, 3.05) is 33.4 Å². The zero-order chi connectivity index (χ0) is 28.3. The Labute approximate surface area is 237 Å². The fourth-order valence-corrected chi connectivity index (χ4v) is 5.73. The van der Waals surface area contributed by atoms with Crippen molar-refractivity contribution in [1.82, 2.24) is 9.88 Å². The Morgan fingerprint density at radius 2 is 1.61 bits per heavy atom. The van der Waals surface area contributed by atoms with E-state index in [9.17, 15) is 14.9 Å². The number of amides is 1. The summed E-state index contributed by atoms with van der Waals surface area (Å²) < 4.78 is 11.4. The maximum atomic E-state index is 14.5. The molecule has 1 saturated heterocycles. The third kappa shape index (κ3) is 5.21. The maximum absolute atomic E-state index is 14.5. The van der Waals surface area contributed by atoms with Gasteiger partial charge in [0.2, 0.25) is 11.8 Å². The molecule has 1 aromatic heterocycles. The highest BCUT2D eigenvalue weighted by atomic mass is 16.6. The molecule has 0 saturated carbocycles. The van der Waals surface area contributed by atoms with Crippen molar-refractivity contribution in [1.29, 1.82) is 0 Å². The standard InChI is InChI=1S/C33H29N3O5/c1-40-32-28(21-26-20-27(36(38)39)13-14-29(26)34-32)30(23-8-3-2-4-9-23)31(33(37)35-15-17-41-18-16-35)25-12-11-22-7-5-6-10-24(22)19-25/h2-14,19-21,30-31H,15-18H2,1H3. The largest absolute Gasteiger partial charge is 0.481 e. The molecule has 2 unspecified atom stereocenters. The van der Waals surface area contributed by atoms with Gasteiger partial charge in [0.1, 0.15) is 0 Å². The van der Waals surface area contributed by atoms with Crippen molar-refractivity contribution in [3.05, 3.63) is 124 Å². The Kier molecular flexibility index (Phi) is 7.31. The van der Waals surface area contributed by atoms with Crippen molar-refractivity contribution in [3.63, 3.8) is 0 Å². The number of ether oxygens (including phenoxy) is 2. The number of nitrogens with zero attached hydrogens (tertiary/aromatic N) is 3. The van der Waals surface area contributed by atoms with Gasteiger partial charge in [0.25, 0.3) is 5.69 Å². The van der Waals surface area contributed by atoms with E-state index in [0.29, 0.717) is 48.6 Å². The summed E-state index contributed by atoms with van der Waals surface area (Å²) in [7, 11) is 1.56. The van der Waals surface area contributed by atoms with E-state index in [-0.39, 0.29) is 11.6 Å². The van der Waals surface area contributed by atoms with Gasteiger partial charge in [0.05, 0.1) is 36.7 Å². The first-order valence-corrected chi connectivity index (χ1v) is 13.6. The average Bonchev–Trinajstić information content (AvgIpc) is 3.03. The van der Waals surface area contributed by atoms with E-state index in [0.717, 1.165) is 21.9 Å². The molecule has 1 aliphatic heterocycles. The number of aromatic nitrogens is 1. The molecule has 2 heterocycles. The van der Waals surface area contributed by atoms with Crippen molar-refractivity contribution in [3.8, 4) is 5.88 Å². The second-order valence-corrected chi connectivity index (χ2v) is 10.1. The van der Waals surface area contributed by atoms with Gasteiger partial charge < -0.3 is 14.4 Å². The zero-order valence-corrected chi connectivity index (χ0v) is 22.6. The molecular formula is C33H29N3O5. The summed E-state index contributed by atoms with van der Waals surface area (Å²) in [5, 5.41) is 14.3. The van der Waals surface area contributed by atoms with Crippen LogP contribution in [-0.2, 0) is 9.53 Å². The number of carbonyl (C=O) groups excluding carboxylic acids is 1. The van der Waals surface area contributed by atoms with Crippen LogP contribution in [0, 0.1) is 10.1 Å². The molecule has 1 aliphatic rings. The Balaban J connectivity index is 1.61. The maximum Gasteiger partial charge on any atom is 0.270 e. The van der Waals surface area contributed by atoms with Crippen molar-refractivity contribution >= 4 is 33.3 Å². The van der Waals surface area contributed by atoms with Crippen LogP contribution in [0.5, 0.6) is 5.88 Å². The van der Waals surface area contributed by atoms with Crippen molar-refractivity contribution in [2.24, 2.45) is 0 Å². The summed E-state index contributed by atoms with van der Waals surface area (Å²) in [4.78, 5) is 32.3. The number of nitro groups is 1. The Bertz CT molecular complexity index is 1730. The van der Waals surface area contributed by atoms with E-state index >= 15 is 0 Å². The van der Waals surface area contributed by atoms with Crippen LogP contribution in [0.2, 0.25) is 0 Å². The number of non-ortho nitro benzene ring substituents is 1. The highest BCUT2D eigenvalue weighted by molar-refractivity contribution is 5.90. The number of rotatable bonds is 7. The monoisotopic (exact) mass is 547 g/mol. The first-order chi connectivity index (χ1) is 20.0. The van der Waals surface area contributed by atoms with E-state index in [2.05, 4.69) is 12.1 Å². The molecule has 1 fully saturated rings. The highest BCUT2D eigenvalue weighted by Crippen LogP contribution is 2.44. The molecule has 1 amide bonds. The number of pyridine rings is 1. The van der Waals surface area contributed by atoms with Gasteiger partial charge in [-0.05, 0) is 34.0 Å². The van der Waals surface area contributed by atoms with Crippen LogP contribution < -0.4 is 4.74 Å². The molecule has 6 rings (SSSR count). The highest BCUT2D eigenvalue weighted by Gasteiger charge is 2.38. The summed E-state index contributed by atoms with van der Waals surface area (Å²) in [6.45, 7) is 1.97. The number of nitro benzene ring substituents is 1. The smallest absolute Gasteiger partial charge is 0.270 e. The average molecular weight is 548 g/mol. The third-order valence-electron chi connectivity index (χ3n) is 7.74. The van der Waals surface area contributed by atoms with Gasteiger partial charge in [-0.1, -0.05) is 72.8 Å². The number of fused-ring (bicyclic) bond motifs is 2. The Morgan fingerprint density at radius 1 is 0.878 bits per heavy atom. The first-order valence-electron chi connectivity index (χ1n) is 13.6. The molecule has 5 aromatic rings. The van der Waals surface area contributed by atoms with Crippen LogP contribution in [-0.4, -0.2) is 54.1 Å². The summed E-state index contributed by atoms with van der Waals surface area (Å²) in [5.41, 5.74) is 3.02. The summed E-state index contributed by atoms with van der Waals surface area (Å²) in [6, 6.07) is 30.5. The lowest BCUT2D eigenvalue weighted by Gasteiger charge is -2.35. The van der Waals surface area contributed by atoms with Crippen molar-refractivity contribution in [2.45, 2.75) is 11.8 Å². The van der Waals surface area contributed by atoms with E-state index < -0.39 is 16.8 Å². The van der Waals surface area contributed by atoms with E-state index in [1.165, 1.54) is 12.1 Å². The minimum atomic E-state index is -0.619. The van der Waals surface area contributed by atoms with Crippen LogP contribution in [0.4, 0.5) is 5.69 Å². The Morgan fingerprint density at radius 3 is 2.34 bits per heavy atom. The number of methoxy groups -OCH3 is 1. The predicted molar refractivity (Wildman–Crippen MR) is 157 cm³/mol. The van der Waals surface area contributed by atoms with Gasteiger partial charge in [-0.2, -0.15) is 0 Å². The fraction of sp³-hybridized carbons (Fsp3) is 0.212. The number of hydrogen-bond donors (Lipinski definition) is 0. The van der Waals surface area contributed by atoms with Crippen LogP contribution in [0.25, 0.3) is 21.7 Å². The van der Waals surface area contributed by atoms with Gasteiger partial charge in [0, 0.05) is 42.1 Å². The number of hydrogen-bond acceptors (Lipinski definition) is 6. The van der Waals surface area contributed by atoms with Gasteiger partial charge in [-0.15, -0.1) is 0 Å². The predicted octanol–water partition coefficient (Wildman–Crippen LogP) is 6.08. The lowest BCUT2D eigenvalue weighted by Crippen LogP contribution is -2.44. The van der Waals surface area contributed by atoms with Crippen LogP contribution in [0.15, 0.2) is 97.1 Å². The van der Waals surface area contributed by atoms with Gasteiger partial charge in [-0.3, -0.25) is 14.9 Å². The zero-order valence-electron chi connectivity index (χ0n) is 22.6. The number of benzene rings is 4. The fourth-order valence-electron chi connectivity index (χ4n) is 5.73. The van der Waals surface area contributed by atoms with Crippen molar-refractivity contribution < 1.29 is 19.2 Å². The van der Waals surface area contributed by atoms with Gasteiger partial charge in [-0.25, -0.2) is 4.98 Å². The summed E-state index contributed by atoms with van der Waals surface area (Å²) in [6.07, 6.45) is 0. The van der Waals surface area contributed by atoms with Gasteiger partial charge >= 0.3 is 0 Å². The molecule has 0 bridgehead atoms. The molecule has 206 valence electrons. The lowest BCUT2D eigenvalue weighted by molar-refractivity contribution is -0.384. The third-order valence-corrected chi connectivity index (χ3v) is 7.74. The van der Waals surface area contributed by atoms with E-state index in [4.69, 9.17) is 14.5 Å². The molecular weight excluding hydrogens is 518 g/mol. The molecule has 0 N–H and O–H groups in total. The molecule has 0 radical (unpaired) electrons. The minimum Gasteiger partial charge on any atom is -0.481 e. The molecule has 41 heavy (non-hydrogen) atoms. The number of carbonyl (C=O) groups is 1. The normalized spacial score (nSPS) is 15.0. The molecule has 4 aromatic carbocycles. The van der Waals surface area contributed by atoms with Crippen LogP contribution in [0.1, 0.15) is 28.5 Å². The van der Waals surface area contributed by atoms with Crippen LogP contribution >= 0.6 is 0 Å². The lowest BCUT2D eigenvalue weighted by atomic mass is 9.76. The molecule has 8 heteroatoms. The summed E-state index contributed by atoms with van der Waals surface area (Å²) >= 11 is 0. The topological polar surface area (TPSA) is 94.8 Å².